The third-order valence-corrected chi connectivity index (χ3v) is 4.63. The van der Waals surface area contributed by atoms with E-state index in [-0.39, 0.29) is 17.4 Å². The predicted octanol–water partition coefficient (Wildman–Crippen LogP) is 1.47. The summed E-state index contributed by atoms with van der Waals surface area (Å²) in [6, 6.07) is 0. The molecule has 0 aromatic carbocycles. The lowest BCUT2D eigenvalue weighted by Gasteiger charge is -2.38. The lowest BCUT2D eigenvalue weighted by Crippen LogP contribution is -2.53. The normalized spacial score (nSPS) is 27.2. The maximum Gasteiger partial charge on any atom is 0.228 e. The van der Waals surface area contributed by atoms with E-state index >= 15 is 0 Å². The summed E-state index contributed by atoms with van der Waals surface area (Å²) >= 11 is 4.96. The topological polar surface area (TPSA) is 55.6 Å². The van der Waals surface area contributed by atoms with E-state index in [4.69, 9.17) is 22.7 Å². The van der Waals surface area contributed by atoms with Crippen molar-refractivity contribution in [1.29, 1.82) is 0 Å². The molecule has 2 fully saturated rings. The molecule has 1 saturated heterocycles. The molecule has 1 unspecified atom stereocenters. The first-order chi connectivity index (χ1) is 8.59. The zero-order valence-corrected chi connectivity index (χ0v) is 11.8. The van der Waals surface area contributed by atoms with Crippen LogP contribution in [-0.4, -0.2) is 41.6 Å². The molecule has 2 rings (SSSR count). The van der Waals surface area contributed by atoms with E-state index in [1.807, 2.05) is 4.90 Å². The van der Waals surface area contributed by atoms with Crippen LogP contribution >= 0.6 is 12.2 Å². The van der Waals surface area contributed by atoms with Gasteiger partial charge in [0.1, 0.15) is 11.1 Å². The Morgan fingerprint density at radius 2 is 2.17 bits per heavy atom. The fourth-order valence-electron chi connectivity index (χ4n) is 3.11. The third-order valence-electron chi connectivity index (χ3n) is 4.36. The molecule has 2 N–H and O–H groups in total. The summed E-state index contributed by atoms with van der Waals surface area (Å²) in [5.41, 5.74) is 5.49. The second-order valence-electron chi connectivity index (χ2n) is 5.35. The number of thiocarbonyl (C=S) groups is 1. The molecule has 4 nitrogen and oxygen atoms in total. The Morgan fingerprint density at radius 1 is 1.50 bits per heavy atom. The number of carbonyl (C=O) groups excluding carboxylic acids is 1. The highest BCUT2D eigenvalue weighted by molar-refractivity contribution is 7.80. The molecule has 5 heteroatoms. The quantitative estimate of drug-likeness (QED) is 0.789. The van der Waals surface area contributed by atoms with Crippen molar-refractivity contribution < 1.29 is 9.53 Å². The van der Waals surface area contributed by atoms with E-state index in [0.29, 0.717) is 24.7 Å². The van der Waals surface area contributed by atoms with Gasteiger partial charge in [0.05, 0.1) is 13.2 Å². The number of nitrogens with zero attached hydrogens (tertiary/aromatic N) is 1. The molecule has 2 aliphatic rings. The van der Waals surface area contributed by atoms with Crippen LogP contribution in [0, 0.1) is 5.41 Å². The highest BCUT2D eigenvalue weighted by Gasteiger charge is 2.43. The van der Waals surface area contributed by atoms with Crippen LogP contribution in [0.2, 0.25) is 0 Å². The van der Waals surface area contributed by atoms with Gasteiger partial charge in [-0.1, -0.05) is 32.0 Å². The number of amides is 1. The van der Waals surface area contributed by atoms with Gasteiger partial charge in [0.2, 0.25) is 5.91 Å². The number of ether oxygens (including phenoxy) is 1. The standard InChI is InChI=1S/C13H22N2O2S/c1-2-13(5-3-4-6-13)12(16)15-7-8-17-10(9-15)11(14)18/h10H,2-9H2,1H3,(H2,14,18). The van der Waals surface area contributed by atoms with E-state index in [1.54, 1.807) is 0 Å². The van der Waals surface area contributed by atoms with Crippen LogP contribution in [0.5, 0.6) is 0 Å². The summed E-state index contributed by atoms with van der Waals surface area (Å²) in [6.45, 7) is 3.85. The minimum absolute atomic E-state index is 0.127. The number of nitrogens with two attached hydrogens (primary N) is 1. The van der Waals surface area contributed by atoms with Gasteiger partial charge in [-0.3, -0.25) is 4.79 Å². The second kappa shape index (κ2) is 5.53. The first-order valence-electron chi connectivity index (χ1n) is 6.79. The van der Waals surface area contributed by atoms with Gasteiger partial charge in [-0.25, -0.2) is 0 Å². The summed E-state index contributed by atoms with van der Waals surface area (Å²) < 4.78 is 5.49. The monoisotopic (exact) mass is 270 g/mol. The van der Waals surface area contributed by atoms with Crippen molar-refractivity contribution in [1.82, 2.24) is 4.90 Å². The molecule has 0 bridgehead atoms. The number of hydrogen-bond donors (Lipinski definition) is 1. The molecule has 0 radical (unpaired) electrons. The molecule has 18 heavy (non-hydrogen) atoms. The van der Waals surface area contributed by atoms with E-state index < -0.39 is 0 Å². The molecule has 1 atom stereocenters. The molecular formula is C13H22N2O2S. The number of hydrogen-bond acceptors (Lipinski definition) is 3. The predicted molar refractivity (Wildman–Crippen MR) is 74.3 cm³/mol. The highest BCUT2D eigenvalue weighted by atomic mass is 32.1. The Hall–Kier alpha value is -0.680. The smallest absolute Gasteiger partial charge is 0.228 e. The zero-order valence-electron chi connectivity index (χ0n) is 11.0. The Morgan fingerprint density at radius 3 is 2.72 bits per heavy atom. The van der Waals surface area contributed by atoms with E-state index in [2.05, 4.69) is 6.92 Å². The summed E-state index contributed by atoms with van der Waals surface area (Å²) in [4.78, 5) is 15.0. The van der Waals surface area contributed by atoms with Gasteiger partial charge < -0.3 is 15.4 Å². The van der Waals surface area contributed by atoms with E-state index in [9.17, 15) is 4.79 Å². The Labute approximate surface area is 114 Å². The molecule has 1 saturated carbocycles. The van der Waals surface area contributed by atoms with Gasteiger partial charge in [0.15, 0.2) is 0 Å². The summed E-state index contributed by atoms with van der Waals surface area (Å²) in [5, 5.41) is 0. The van der Waals surface area contributed by atoms with Crippen LogP contribution in [0.15, 0.2) is 0 Å². The van der Waals surface area contributed by atoms with Crippen molar-refractivity contribution in [3.63, 3.8) is 0 Å². The van der Waals surface area contributed by atoms with Crippen LogP contribution in [-0.2, 0) is 9.53 Å². The average Bonchev–Trinajstić information content (AvgIpc) is 2.88. The van der Waals surface area contributed by atoms with Crippen LogP contribution in [0.25, 0.3) is 0 Å². The van der Waals surface area contributed by atoms with Crippen LogP contribution in [0.3, 0.4) is 0 Å². The van der Waals surface area contributed by atoms with Crippen LogP contribution in [0.4, 0.5) is 0 Å². The SMILES string of the molecule is CCC1(C(=O)N2CCOC(C(N)=S)C2)CCCC1. The Balaban J connectivity index is 2.06. The molecule has 0 aromatic rings. The van der Waals surface area contributed by atoms with Gasteiger partial charge in [0.25, 0.3) is 0 Å². The molecule has 0 spiro atoms. The van der Waals surface area contributed by atoms with Crippen LogP contribution < -0.4 is 5.73 Å². The maximum absolute atomic E-state index is 12.7. The first kappa shape index (κ1) is 13.7. The summed E-state index contributed by atoms with van der Waals surface area (Å²) in [6.07, 6.45) is 5.05. The first-order valence-corrected chi connectivity index (χ1v) is 7.20. The molecular weight excluding hydrogens is 248 g/mol. The second-order valence-corrected chi connectivity index (χ2v) is 5.83. The lowest BCUT2D eigenvalue weighted by molar-refractivity contribution is -0.147. The van der Waals surface area contributed by atoms with Crippen molar-refractivity contribution in [2.75, 3.05) is 19.7 Å². The molecule has 1 amide bonds. The molecule has 0 aromatic heterocycles. The number of morpholine rings is 1. The Kier molecular flexibility index (Phi) is 4.22. The van der Waals surface area contributed by atoms with Crippen molar-refractivity contribution in [2.45, 2.75) is 45.1 Å². The summed E-state index contributed by atoms with van der Waals surface area (Å²) in [5.74, 6) is 0.284. The van der Waals surface area contributed by atoms with E-state index in [1.165, 1.54) is 12.8 Å². The van der Waals surface area contributed by atoms with Gasteiger partial charge in [-0.05, 0) is 19.3 Å². The largest absolute Gasteiger partial charge is 0.391 e. The van der Waals surface area contributed by atoms with Crippen LogP contribution in [0.1, 0.15) is 39.0 Å². The van der Waals surface area contributed by atoms with Crippen molar-refractivity contribution in [2.24, 2.45) is 11.1 Å². The van der Waals surface area contributed by atoms with Gasteiger partial charge in [-0.2, -0.15) is 0 Å². The average molecular weight is 270 g/mol. The summed E-state index contributed by atoms with van der Waals surface area (Å²) in [7, 11) is 0. The number of carbonyl (C=O) groups is 1. The van der Waals surface area contributed by atoms with Gasteiger partial charge >= 0.3 is 0 Å². The Bertz CT molecular complexity index is 340. The van der Waals surface area contributed by atoms with Crippen molar-refractivity contribution >= 4 is 23.1 Å². The molecule has 1 aliphatic heterocycles. The minimum atomic E-state index is -0.270. The molecule has 1 heterocycles. The number of rotatable bonds is 3. The third kappa shape index (κ3) is 2.52. The lowest BCUT2D eigenvalue weighted by atomic mass is 9.81. The highest BCUT2D eigenvalue weighted by Crippen LogP contribution is 2.42. The fourth-order valence-corrected chi connectivity index (χ4v) is 3.25. The van der Waals surface area contributed by atoms with E-state index in [0.717, 1.165) is 19.3 Å². The van der Waals surface area contributed by atoms with Gasteiger partial charge in [0, 0.05) is 12.0 Å². The molecule has 102 valence electrons. The fraction of sp³-hybridized carbons (Fsp3) is 0.846. The van der Waals surface area contributed by atoms with Crippen molar-refractivity contribution in [3.8, 4) is 0 Å². The zero-order chi connectivity index (χ0) is 13.2. The molecule has 1 aliphatic carbocycles. The van der Waals surface area contributed by atoms with Gasteiger partial charge in [-0.15, -0.1) is 0 Å². The minimum Gasteiger partial charge on any atom is -0.391 e. The van der Waals surface area contributed by atoms with Crippen molar-refractivity contribution in [3.05, 3.63) is 0 Å². The maximum atomic E-state index is 12.7.